The molecule has 0 aliphatic rings. The molecular weight excluding hydrogens is 281 g/mol. The van der Waals surface area contributed by atoms with Crippen LogP contribution in [0.2, 0.25) is 10.0 Å². The van der Waals surface area contributed by atoms with E-state index in [0.29, 0.717) is 16.6 Å². The molecule has 1 aromatic heterocycles. The van der Waals surface area contributed by atoms with Crippen LogP contribution in [0.15, 0.2) is 34.7 Å². The van der Waals surface area contributed by atoms with Gasteiger partial charge in [-0.3, -0.25) is 0 Å². The van der Waals surface area contributed by atoms with Gasteiger partial charge >= 0.3 is 0 Å². The van der Waals surface area contributed by atoms with Crippen molar-refractivity contribution in [1.82, 2.24) is 5.32 Å². The number of halogens is 2. The summed E-state index contributed by atoms with van der Waals surface area (Å²) < 4.78 is 5.80. The number of nitrogens with one attached hydrogen (secondary N) is 1. The van der Waals surface area contributed by atoms with E-state index in [9.17, 15) is 0 Å². The van der Waals surface area contributed by atoms with Crippen LogP contribution in [0.1, 0.15) is 26.5 Å². The lowest BCUT2D eigenvalue weighted by atomic mass is 10.1. The highest BCUT2D eigenvalue weighted by Gasteiger charge is 2.11. The average molecular weight is 298 g/mol. The molecule has 0 amide bonds. The molecule has 1 N–H and O–H groups in total. The van der Waals surface area contributed by atoms with Crippen molar-refractivity contribution in [1.29, 1.82) is 0 Å². The number of benzene rings is 1. The predicted molar refractivity (Wildman–Crippen MR) is 80.8 cm³/mol. The third-order valence-corrected chi connectivity index (χ3v) is 3.04. The highest BCUT2D eigenvalue weighted by atomic mass is 35.5. The summed E-state index contributed by atoms with van der Waals surface area (Å²) in [5.41, 5.74) is 0.950. The summed E-state index contributed by atoms with van der Waals surface area (Å²) in [7, 11) is 0. The second-order valence-electron chi connectivity index (χ2n) is 5.53. The second-order valence-corrected chi connectivity index (χ2v) is 6.40. The van der Waals surface area contributed by atoms with Crippen molar-refractivity contribution in [3.05, 3.63) is 46.1 Å². The maximum Gasteiger partial charge on any atom is 0.134 e. The highest BCUT2D eigenvalue weighted by molar-refractivity contribution is 6.35. The van der Waals surface area contributed by atoms with Crippen LogP contribution in [0.4, 0.5) is 0 Å². The molecule has 1 aromatic carbocycles. The summed E-state index contributed by atoms with van der Waals surface area (Å²) in [5, 5.41) is 4.59. The molecule has 0 saturated heterocycles. The van der Waals surface area contributed by atoms with Crippen LogP contribution in [0.5, 0.6) is 0 Å². The zero-order valence-corrected chi connectivity index (χ0v) is 12.8. The molecule has 0 radical (unpaired) electrons. The average Bonchev–Trinajstić information content (AvgIpc) is 2.72. The van der Waals surface area contributed by atoms with Gasteiger partial charge in [-0.1, -0.05) is 23.2 Å². The molecule has 2 aromatic rings. The molecule has 0 aliphatic heterocycles. The van der Waals surface area contributed by atoms with Crippen LogP contribution in [0.25, 0.3) is 11.3 Å². The number of furan rings is 1. The van der Waals surface area contributed by atoms with Crippen molar-refractivity contribution >= 4 is 23.2 Å². The molecule has 4 heteroatoms. The normalized spacial score (nSPS) is 11.8. The minimum absolute atomic E-state index is 0.0618. The SMILES string of the molecule is CC(C)(C)NCc1ccc(-c2cc(Cl)cc(Cl)c2)o1. The third-order valence-electron chi connectivity index (χ3n) is 2.60. The van der Waals surface area contributed by atoms with Crippen LogP contribution < -0.4 is 5.32 Å². The van der Waals surface area contributed by atoms with Crippen LogP contribution >= 0.6 is 23.2 Å². The molecule has 1 heterocycles. The first-order chi connectivity index (χ1) is 8.83. The van der Waals surface area contributed by atoms with E-state index in [1.807, 2.05) is 24.3 Å². The van der Waals surface area contributed by atoms with E-state index in [2.05, 4.69) is 26.1 Å². The molecule has 2 rings (SSSR count). The molecule has 0 unspecified atom stereocenters. The fourth-order valence-corrected chi connectivity index (χ4v) is 2.20. The summed E-state index contributed by atoms with van der Waals surface area (Å²) in [6.07, 6.45) is 0. The summed E-state index contributed by atoms with van der Waals surface area (Å²) in [6, 6.07) is 9.28. The molecule has 0 atom stereocenters. The van der Waals surface area contributed by atoms with Crippen molar-refractivity contribution < 1.29 is 4.42 Å². The molecule has 102 valence electrons. The first-order valence-corrected chi connectivity index (χ1v) is 6.89. The largest absolute Gasteiger partial charge is 0.460 e. The van der Waals surface area contributed by atoms with Crippen LogP contribution in [-0.4, -0.2) is 5.54 Å². The van der Waals surface area contributed by atoms with Gasteiger partial charge in [0.25, 0.3) is 0 Å². The first kappa shape index (κ1) is 14.4. The van der Waals surface area contributed by atoms with Gasteiger partial charge in [0.1, 0.15) is 11.5 Å². The first-order valence-electron chi connectivity index (χ1n) is 6.14. The lowest BCUT2D eigenvalue weighted by molar-refractivity contribution is 0.391. The molecule has 0 bridgehead atoms. The Labute approximate surface area is 123 Å². The zero-order chi connectivity index (χ0) is 14.0. The highest BCUT2D eigenvalue weighted by Crippen LogP contribution is 2.28. The Hall–Kier alpha value is -0.960. The Morgan fingerprint density at radius 3 is 2.26 bits per heavy atom. The van der Waals surface area contributed by atoms with E-state index < -0.39 is 0 Å². The summed E-state index contributed by atoms with van der Waals surface area (Å²) in [6.45, 7) is 7.05. The van der Waals surface area contributed by atoms with Gasteiger partial charge in [0.05, 0.1) is 6.54 Å². The van der Waals surface area contributed by atoms with Gasteiger partial charge in [-0.15, -0.1) is 0 Å². The molecule has 2 nitrogen and oxygen atoms in total. The summed E-state index contributed by atoms with van der Waals surface area (Å²) in [5.74, 6) is 1.66. The second kappa shape index (κ2) is 5.58. The molecule has 0 fully saturated rings. The van der Waals surface area contributed by atoms with E-state index in [4.69, 9.17) is 27.6 Å². The number of rotatable bonds is 3. The van der Waals surface area contributed by atoms with Gasteiger partial charge in [-0.05, 0) is 51.1 Å². The third kappa shape index (κ3) is 4.27. The van der Waals surface area contributed by atoms with Crippen molar-refractivity contribution in [2.75, 3.05) is 0 Å². The lowest BCUT2D eigenvalue weighted by Crippen LogP contribution is -2.34. The van der Waals surface area contributed by atoms with Crippen LogP contribution in [0, 0.1) is 0 Å². The Morgan fingerprint density at radius 2 is 1.68 bits per heavy atom. The van der Waals surface area contributed by atoms with Crippen LogP contribution in [0.3, 0.4) is 0 Å². The standard InChI is InChI=1S/C15H17Cl2NO/c1-15(2,3)18-9-13-4-5-14(19-13)10-6-11(16)8-12(17)7-10/h4-8,18H,9H2,1-3H3. The summed E-state index contributed by atoms with van der Waals surface area (Å²) in [4.78, 5) is 0. The Balaban J connectivity index is 2.16. The zero-order valence-electron chi connectivity index (χ0n) is 11.3. The topological polar surface area (TPSA) is 25.2 Å². The van der Waals surface area contributed by atoms with Gasteiger partial charge in [-0.25, -0.2) is 0 Å². The van der Waals surface area contributed by atoms with Gasteiger partial charge in [0.2, 0.25) is 0 Å². The van der Waals surface area contributed by atoms with Gasteiger partial charge < -0.3 is 9.73 Å². The van der Waals surface area contributed by atoms with E-state index in [1.165, 1.54) is 0 Å². The van der Waals surface area contributed by atoms with Gasteiger partial charge in [0, 0.05) is 21.1 Å². The van der Waals surface area contributed by atoms with Gasteiger partial charge in [0.15, 0.2) is 0 Å². The Kier molecular flexibility index (Phi) is 4.24. The molecule has 0 aliphatic carbocycles. The van der Waals surface area contributed by atoms with Crippen molar-refractivity contribution in [2.45, 2.75) is 32.9 Å². The monoisotopic (exact) mass is 297 g/mol. The quantitative estimate of drug-likeness (QED) is 0.848. The minimum Gasteiger partial charge on any atom is -0.460 e. The van der Waals surface area contributed by atoms with Crippen molar-refractivity contribution in [3.8, 4) is 11.3 Å². The van der Waals surface area contributed by atoms with E-state index >= 15 is 0 Å². The van der Waals surface area contributed by atoms with E-state index in [1.54, 1.807) is 6.07 Å². The van der Waals surface area contributed by atoms with Crippen molar-refractivity contribution in [3.63, 3.8) is 0 Å². The maximum atomic E-state index is 5.99. The fraction of sp³-hybridized carbons (Fsp3) is 0.333. The molecular formula is C15H17Cl2NO. The van der Waals surface area contributed by atoms with E-state index in [-0.39, 0.29) is 5.54 Å². The number of hydrogen-bond donors (Lipinski definition) is 1. The van der Waals surface area contributed by atoms with Gasteiger partial charge in [-0.2, -0.15) is 0 Å². The Bertz CT molecular complexity index is 550. The lowest BCUT2D eigenvalue weighted by Gasteiger charge is -2.19. The van der Waals surface area contributed by atoms with Crippen molar-refractivity contribution in [2.24, 2.45) is 0 Å². The number of hydrogen-bond acceptors (Lipinski definition) is 2. The fourth-order valence-electron chi connectivity index (χ4n) is 1.68. The minimum atomic E-state index is 0.0618. The van der Waals surface area contributed by atoms with Crippen LogP contribution in [-0.2, 0) is 6.54 Å². The predicted octanol–water partition coefficient (Wildman–Crippen LogP) is 5.14. The smallest absolute Gasteiger partial charge is 0.134 e. The molecule has 0 spiro atoms. The maximum absolute atomic E-state index is 5.99. The van der Waals surface area contributed by atoms with E-state index in [0.717, 1.165) is 17.1 Å². The Morgan fingerprint density at radius 1 is 1.05 bits per heavy atom. The molecule has 0 saturated carbocycles. The summed E-state index contributed by atoms with van der Waals surface area (Å²) >= 11 is 12.0. The molecule has 19 heavy (non-hydrogen) atoms.